The standard InChI is InChI=1S/C26H25ClN4O/c27-21-8-12-24-20(13-21)15-28-16-25-29-30-26(31(24)25)18-6-9-22(10-7-18)32-23-11-5-17-3-1-2-4-19(17)14-23/h1-5,8,11-14,18,22,28H,6-7,9-10,15-16H2. The average Bonchev–Trinajstić information content (AvgIpc) is 3.15. The lowest BCUT2D eigenvalue weighted by molar-refractivity contribution is 0.145. The van der Waals surface area contributed by atoms with Crippen molar-refractivity contribution in [2.45, 2.75) is 50.8 Å². The Kier molecular flexibility index (Phi) is 5.08. The minimum Gasteiger partial charge on any atom is -0.490 e. The van der Waals surface area contributed by atoms with Gasteiger partial charge in [0.15, 0.2) is 5.82 Å². The molecule has 0 radical (unpaired) electrons. The van der Waals surface area contributed by atoms with Crippen molar-refractivity contribution in [2.75, 3.05) is 0 Å². The summed E-state index contributed by atoms with van der Waals surface area (Å²) >= 11 is 6.25. The molecule has 1 aromatic heterocycles. The van der Waals surface area contributed by atoms with Crippen LogP contribution in [0.3, 0.4) is 0 Å². The molecule has 5 nitrogen and oxygen atoms in total. The van der Waals surface area contributed by atoms with Gasteiger partial charge in [0.25, 0.3) is 0 Å². The summed E-state index contributed by atoms with van der Waals surface area (Å²) in [6, 6.07) is 20.9. The third kappa shape index (κ3) is 3.65. The highest BCUT2D eigenvalue weighted by Gasteiger charge is 2.30. The third-order valence-electron chi connectivity index (χ3n) is 6.70. The van der Waals surface area contributed by atoms with Gasteiger partial charge < -0.3 is 10.1 Å². The smallest absolute Gasteiger partial charge is 0.151 e. The molecule has 1 aliphatic heterocycles. The van der Waals surface area contributed by atoms with E-state index in [-0.39, 0.29) is 6.10 Å². The molecule has 0 bridgehead atoms. The first kappa shape index (κ1) is 19.8. The van der Waals surface area contributed by atoms with Crippen LogP contribution in [0, 0.1) is 0 Å². The number of ether oxygens (including phenoxy) is 1. The van der Waals surface area contributed by atoms with E-state index in [1.54, 1.807) is 0 Å². The molecule has 1 saturated carbocycles. The quantitative estimate of drug-likeness (QED) is 0.435. The summed E-state index contributed by atoms with van der Waals surface area (Å²) in [6.07, 6.45) is 4.38. The first-order valence-corrected chi connectivity index (χ1v) is 11.7. The van der Waals surface area contributed by atoms with Gasteiger partial charge in [-0.05, 0) is 72.4 Å². The minimum atomic E-state index is 0.242. The highest BCUT2D eigenvalue weighted by atomic mass is 35.5. The van der Waals surface area contributed by atoms with Crippen LogP contribution in [0.25, 0.3) is 16.5 Å². The molecule has 1 N–H and O–H groups in total. The number of aromatic nitrogens is 3. The molecule has 0 amide bonds. The topological polar surface area (TPSA) is 52.0 Å². The third-order valence-corrected chi connectivity index (χ3v) is 6.93. The van der Waals surface area contributed by atoms with Gasteiger partial charge in [0, 0.05) is 17.5 Å². The maximum absolute atomic E-state index is 6.36. The average molecular weight is 445 g/mol. The van der Waals surface area contributed by atoms with Crippen molar-refractivity contribution in [2.24, 2.45) is 0 Å². The second-order valence-electron chi connectivity index (χ2n) is 8.79. The molecule has 2 heterocycles. The fourth-order valence-electron chi connectivity index (χ4n) is 5.07. The zero-order valence-electron chi connectivity index (χ0n) is 17.8. The predicted molar refractivity (Wildman–Crippen MR) is 126 cm³/mol. The fourth-order valence-corrected chi connectivity index (χ4v) is 5.26. The number of fused-ring (bicyclic) bond motifs is 4. The van der Waals surface area contributed by atoms with Crippen LogP contribution in [0.5, 0.6) is 5.75 Å². The maximum Gasteiger partial charge on any atom is 0.151 e. The van der Waals surface area contributed by atoms with E-state index in [1.807, 2.05) is 12.1 Å². The van der Waals surface area contributed by atoms with Gasteiger partial charge in [0.2, 0.25) is 0 Å². The van der Waals surface area contributed by atoms with E-state index in [4.69, 9.17) is 16.3 Å². The van der Waals surface area contributed by atoms with Crippen molar-refractivity contribution in [3.8, 4) is 11.4 Å². The summed E-state index contributed by atoms with van der Waals surface area (Å²) in [6.45, 7) is 1.49. The van der Waals surface area contributed by atoms with Crippen molar-refractivity contribution in [1.82, 2.24) is 20.1 Å². The van der Waals surface area contributed by atoms with Gasteiger partial charge in [-0.15, -0.1) is 10.2 Å². The molecular formula is C26H25ClN4O. The molecule has 162 valence electrons. The van der Waals surface area contributed by atoms with Crippen LogP contribution in [0.2, 0.25) is 5.02 Å². The Morgan fingerprint density at radius 3 is 2.59 bits per heavy atom. The molecule has 3 aromatic carbocycles. The largest absolute Gasteiger partial charge is 0.490 e. The zero-order chi connectivity index (χ0) is 21.5. The maximum atomic E-state index is 6.36. The molecule has 0 spiro atoms. The van der Waals surface area contributed by atoms with Crippen LogP contribution in [0.4, 0.5) is 0 Å². The molecule has 4 aromatic rings. The molecule has 1 fully saturated rings. The van der Waals surface area contributed by atoms with Crippen LogP contribution < -0.4 is 10.1 Å². The number of hydrogen-bond donors (Lipinski definition) is 1. The molecule has 0 unspecified atom stereocenters. The Bertz CT molecular complexity index is 1280. The van der Waals surface area contributed by atoms with Crippen LogP contribution in [0.15, 0.2) is 60.7 Å². The molecule has 1 aliphatic carbocycles. The monoisotopic (exact) mass is 444 g/mol. The molecule has 2 aliphatic rings. The summed E-state index contributed by atoms with van der Waals surface area (Å²) in [4.78, 5) is 0. The number of nitrogens with one attached hydrogen (secondary N) is 1. The number of benzene rings is 3. The SMILES string of the molecule is Clc1ccc2c(c1)CNCc1nnc(C3CCC(Oc4ccc5ccccc5c4)CC3)n1-2. The number of rotatable bonds is 3. The molecule has 0 saturated heterocycles. The predicted octanol–water partition coefficient (Wildman–Crippen LogP) is 5.78. The van der Waals surface area contributed by atoms with E-state index in [1.165, 1.54) is 16.3 Å². The lowest BCUT2D eigenvalue weighted by atomic mass is 9.86. The van der Waals surface area contributed by atoms with Crippen LogP contribution >= 0.6 is 11.6 Å². The van der Waals surface area contributed by atoms with Gasteiger partial charge >= 0.3 is 0 Å². The number of halogens is 1. The van der Waals surface area contributed by atoms with E-state index in [2.05, 4.69) is 68.6 Å². The molecule has 32 heavy (non-hydrogen) atoms. The normalized spacial score (nSPS) is 20.4. The van der Waals surface area contributed by atoms with Gasteiger partial charge in [0.05, 0.1) is 18.3 Å². The molecule has 6 rings (SSSR count). The summed E-state index contributed by atoms with van der Waals surface area (Å²) in [5.41, 5.74) is 2.33. The van der Waals surface area contributed by atoms with Crippen molar-refractivity contribution < 1.29 is 4.74 Å². The highest BCUT2D eigenvalue weighted by Crippen LogP contribution is 2.36. The Morgan fingerprint density at radius 2 is 1.72 bits per heavy atom. The first-order valence-electron chi connectivity index (χ1n) is 11.3. The summed E-state index contributed by atoms with van der Waals surface area (Å²) in [5, 5.41) is 15.8. The lowest BCUT2D eigenvalue weighted by Gasteiger charge is -2.29. The fraction of sp³-hybridized carbons (Fsp3) is 0.308. The van der Waals surface area contributed by atoms with Gasteiger partial charge in [0.1, 0.15) is 11.6 Å². The van der Waals surface area contributed by atoms with Crippen LogP contribution in [0.1, 0.15) is 48.8 Å². The van der Waals surface area contributed by atoms with Crippen molar-refractivity contribution >= 4 is 22.4 Å². The van der Waals surface area contributed by atoms with Crippen LogP contribution in [-0.2, 0) is 13.1 Å². The van der Waals surface area contributed by atoms with Gasteiger partial charge in [-0.25, -0.2) is 0 Å². The Hall–Kier alpha value is -2.89. The molecular weight excluding hydrogens is 420 g/mol. The van der Waals surface area contributed by atoms with Crippen molar-refractivity contribution in [3.63, 3.8) is 0 Å². The number of nitrogens with zero attached hydrogens (tertiary/aromatic N) is 3. The molecule has 6 heteroatoms. The van der Waals surface area contributed by atoms with Crippen molar-refractivity contribution in [3.05, 3.63) is 82.9 Å². The lowest BCUT2D eigenvalue weighted by Crippen LogP contribution is -2.25. The van der Waals surface area contributed by atoms with E-state index in [9.17, 15) is 0 Å². The summed E-state index contributed by atoms with van der Waals surface area (Å²) in [7, 11) is 0. The Balaban J connectivity index is 1.20. The van der Waals surface area contributed by atoms with E-state index in [0.29, 0.717) is 12.5 Å². The Morgan fingerprint density at radius 1 is 0.875 bits per heavy atom. The van der Waals surface area contributed by atoms with Gasteiger partial charge in [-0.1, -0.05) is 41.9 Å². The van der Waals surface area contributed by atoms with Crippen LogP contribution in [-0.4, -0.2) is 20.9 Å². The Labute approximate surface area is 192 Å². The highest BCUT2D eigenvalue weighted by molar-refractivity contribution is 6.30. The van der Waals surface area contributed by atoms with E-state index in [0.717, 1.165) is 60.3 Å². The van der Waals surface area contributed by atoms with E-state index >= 15 is 0 Å². The first-order chi connectivity index (χ1) is 15.7. The number of hydrogen-bond acceptors (Lipinski definition) is 4. The molecule has 0 atom stereocenters. The second-order valence-corrected chi connectivity index (χ2v) is 9.22. The van der Waals surface area contributed by atoms with E-state index < -0.39 is 0 Å². The van der Waals surface area contributed by atoms with Gasteiger partial charge in [-0.3, -0.25) is 4.57 Å². The van der Waals surface area contributed by atoms with Crippen molar-refractivity contribution in [1.29, 1.82) is 0 Å². The second kappa shape index (κ2) is 8.23. The van der Waals surface area contributed by atoms with Gasteiger partial charge in [-0.2, -0.15) is 0 Å². The minimum absolute atomic E-state index is 0.242. The summed E-state index contributed by atoms with van der Waals surface area (Å²) < 4.78 is 8.61. The zero-order valence-corrected chi connectivity index (χ0v) is 18.6. The summed E-state index contributed by atoms with van der Waals surface area (Å²) in [5.74, 6) is 3.38.